The van der Waals surface area contributed by atoms with Crippen LogP contribution in [-0.2, 0) is 16.0 Å². The van der Waals surface area contributed by atoms with Crippen molar-refractivity contribution in [2.45, 2.75) is 34.1 Å². The summed E-state index contributed by atoms with van der Waals surface area (Å²) in [6.07, 6.45) is 2.21. The van der Waals surface area contributed by atoms with Crippen LogP contribution in [0.2, 0.25) is 0 Å². The molecular formula is C29H27IN2O4. The highest BCUT2D eigenvalue weighted by Crippen LogP contribution is 2.31. The Labute approximate surface area is 224 Å². The van der Waals surface area contributed by atoms with Gasteiger partial charge in [-0.15, -0.1) is 0 Å². The third kappa shape index (κ3) is 5.51. The first-order valence-corrected chi connectivity index (χ1v) is 12.7. The molecule has 0 atom stereocenters. The first-order valence-electron chi connectivity index (χ1n) is 11.7. The Kier molecular flexibility index (Phi) is 7.59. The monoisotopic (exact) mass is 594 g/mol. The van der Waals surface area contributed by atoms with E-state index >= 15 is 0 Å². The average Bonchev–Trinajstić information content (AvgIpc) is 2.79. The van der Waals surface area contributed by atoms with Crippen LogP contribution in [0, 0.1) is 24.3 Å². The lowest BCUT2D eigenvalue weighted by molar-refractivity contribution is -0.122. The molecule has 0 spiro atoms. The molecule has 1 heterocycles. The molecule has 3 aromatic carbocycles. The molecule has 3 aromatic rings. The summed E-state index contributed by atoms with van der Waals surface area (Å²) >= 11 is 2.26. The fraction of sp³-hybridized carbons (Fsp3) is 0.207. The molecule has 0 bridgehead atoms. The molecular weight excluding hydrogens is 567 g/mol. The number of carbonyl (C=O) groups excluding carboxylic acids is 3. The van der Waals surface area contributed by atoms with Crippen molar-refractivity contribution >= 4 is 52.2 Å². The van der Waals surface area contributed by atoms with Gasteiger partial charge in [0.15, 0.2) is 0 Å². The number of imide groups is 2. The van der Waals surface area contributed by atoms with Crippen LogP contribution in [0.1, 0.15) is 40.3 Å². The minimum Gasteiger partial charge on any atom is -0.494 e. The van der Waals surface area contributed by atoms with Crippen molar-refractivity contribution in [1.29, 1.82) is 0 Å². The van der Waals surface area contributed by atoms with Gasteiger partial charge in [-0.3, -0.25) is 14.9 Å². The topological polar surface area (TPSA) is 75.7 Å². The molecule has 6 nitrogen and oxygen atoms in total. The number of urea groups is 1. The predicted octanol–water partition coefficient (Wildman–Crippen LogP) is 5.87. The summed E-state index contributed by atoms with van der Waals surface area (Å²) in [5, 5.41) is 2.28. The Hall–Kier alpha value is -3.46. The lowest BCUT2D eigenvalue weighted by Crippen LogP contribution is -2.54. The number of rotatable bonds is 6. The number of amides is 4. The summed E-state index contributed by atoms with van der Waals surface area (Å²) in [6.45, 7) is 8.47. The standard InChI is InChI=1S/C29H27IN2O4/c1-5-36-26-16-21(15-25(30)23(26)13-20-11-18(3)10-19(4)12-20)14-24-27(33)31-29(35)32(28(24)34)22-8-6-17(2)7-9-22/h6-12,14-16H,5,13H2,1-4H3,(H,31,33,35)/b24-14+. The van der Waals surface area contributed by atoms with Gasteiger partial charge in [0.2, 0.25) is 0 Å². The quantitative estimate of drug-likeness (QED) is 0.220. The van der Waals surface area contributed by atoms with E-state index in [1.807, 2.05) is 26.0 Å². The molecule has 1 aliphatic heterocycles. The molecule has 1 aliphatic rings. The predicted molar refractivity (Wildman–Crippen MR) is 149 cm³/mol. The maximum atomic E-state index is 13.2. The van der Waals surface area contributed by atoms with Gasteiger partial charge in [-0.25, -0.2) is 9.69 Å². The van der Waals surface area contributed by atoms with Crippen molar-refractivity contribution in [3.8, 4) is 5.75 Å². The zero-order chi connectivity index (χ0) is 26.0. The lowest BCUT2D eigenvalue weighted by Gasteiger charge is -2.26. The smallest absolute Gasteiger partial charge is 0.335 e. The largest absolute Gasteiger partial charge is 0.494 e. The molecule has 0 aliphatic carbocycles. The van der Waals surface area contributed by atoms with Crippen molar-refractivity contribution in [3.05, 3.63) is 97.1 Å². The van der Waals surface area contributed by atoms with Gasteiger partial charge in [0.1, 0.15) is 11.3 Å². The van der Waals surface area contributed by atoms with Gasteiger partial charge in [-0.05, 0) is 91.8 Å². The van der Waals surface area contributed by atoms with Crippen LogP contribution in [-0.4, -0.2) is 24.5 Å². The molecule has 7 heteroatoms. The minimum absolute atomic E-state index is 0.115. The number of nitrogens with zero attached hydrogens (tertiary/aromatic N) is 1. The van der Waals surface area contributed by atoms with Crippen LogP contribution in [0.4, 0.5) is 10.5 Å². The highest BCUT2D eigenvalue weighted by Gasteiger charge is 2.36. The maximum absolute atomic E-state index is 13.2. The minimum atomic E-state index is -0.764. The molecule has 4 rings (SSSR count). The number of anilines is 1. The SMILES string of the molecule is CCOc1cc(/C=C2\C(=O)NC(=O)N(c3ccc(C)cc3)C2=O)cc(I)c1Cc1cc(C)cc(C)c1. The highest BCUT2D eigenvalue weighted by atomic mass is 127. The number of carbonyl (C=O) groups is 3. The summed E-state index contributed by atoms with van der Waals surface area (Å²) in [4.78, 5) is 39.3. The molecule has 0 radical (unpaired) electrons. The summed E-state index contributed by atoms with van der Waals surface area (Å²) in [5.74, 6) is -0.689. The van der Waals surface area contributed by atoms with Gasteiger partial charge >= 0.3 is 6.03 Å². The summed E-state index contributed by atoms with van der Waals surface area (Å²) < 4.78 is 6.93. The summed E-state index contributed by atoms with van der Waals surface area (Å²) in [6, 6.07) is 16.4. The van der Waals surface area contributed by atoms with Crippen LogP contribution in [0.15, 0.2) is 60.2 Å². The van der Waals surface area contributed by atoms with E-state index in [4.69, 9.17) is 4.74 Å². The van der Waals surface area contributed by atoms with Crippen LogP contribution < -0.4 is 15.0 Å². The van der Waals surface area contributed by atoms with Crippen molar-refractivity contribution in [2.24, 2.45) is 0 Å². The number of benzene rings is 3. The lowest BCUT2D eigenvalue weighted by atomic mass is 9.98. The van der Waals surface area contributed by atoms with Gasteiger partial charge < -0.3 is 4.74 Å². The van der Waals surface area contributed by atoms with Gasteiger partial charge in [-0.1, -0.05) is 47.0 Å². The Morgan fingerprint density at radius 1 is 0.917 bits per heavy atom. The van der Waals surface area contributed by atoms with E-state index in [0.717, 1.165) is 19.6 Å². The van der Waals surface area contributed by atoms with Crippen LogP contribution in [0.3, 0.4) is 0 Å². The molecule has 4 amide bonds. The van der Waals surface area contributed by atoms with E-state index in [1.54, 1.807) is 24.3 Å². The fourth-order valence-electron chi connectivity index (χ4n) is 4.30. The third-order valence-corrected chi connectivity index (χ3v) is 6.81. The second kappa shape index (κ2) is 10.7. The van der Waals surface area contributed by atoms with Gasteiger partial charge in [0.25, 0.3) is 11.8 Å². The number of ether oxygens (including phenoxy) is 1. The average molecular weight is 594 g/mol. The molecule has 0 aromatic heterocycles. The van der Waals surface area contributed by atoms with Crippen molar-refractivity contribution in [2.75, 3.05) is 11.5 Å². The molecule has 36 heavy (non-hydrogen) atoms. The van der Waals surface area contributed by atoms with E-state index < -0.39 is 17.8 Å². The first kappa shape index (κ1) is 25.6. The molecule has 0 unspecified atom stereocenters. The van der Waals surface area contributed by atoms with Crippen molar-refractivity contribution in [3.63, 3.8) is 0 Å². The highest BCUT2D eigenvalue weighted by molar-refractivity contribution is 14.1. The Morgan fingerprint density at radius 2 is 1.58 bits per heavy atom. The summed E-state index contributed by atoms with van der Waals surface area (Å²) in [7, 11) is 0. The van der Waals surface area contributed by atoms with Gasteiger partial charge in [0, 0.05) is 15.6 Å². The number of aryl methyl sites for hydroxylation is 3. The summed E-state index contributed by atoms with van der Waals surface area (Å²) in [5.41, 5.74) is 6.55. The van der Waals surface area contributed by atoms with Crippen molar-refractivity contribution < 1.29 is 19.1 Å². The molecule has 184 valence electrons. The van der Waals surface area contributed by atoms with Crippen LogP contribution >= 0.6 is 22.6 Å². The molecule has 1 fully saturated rings. The second-order valence-corrected chi connectivity index (χ2v) is 10.0. The van der Waals surface area contributed by atoms with Gasteiger partial charge in [0.05, 0.1) is 12.3 Å². The van der Waals surface area contributed by atoms with Crippen LogP contribution in [0.25, 0.3) is 6.08 Å². The number of hydrogen-bond donors (Lipinski definition) is 1. The Morgan fingerprint density at radius 3 is 2.22 bits per heavy atom. The Balaban J connectivity index is 1.72. The van der Waals surface area contributed by atoms with E-state index in [0.29, 0.717) is 30.0 Å². The van der Waals surface area contributed by atoms with E-state index in [2.05, 4.69) is 60.0 Å². The fourth-order valence-corrected chi connectivity index (χ4v) is 5.11. The molecule has 1 saturated heterocycles. The first-order chi connectivity index (χ1) is 17.2. The normalized spacial score (nSPS) is 14.9. The van der Waals surface area contributed by atoms with E-state index in [-0.39, 0.29) is 5.57 Å². The van der Waals surface area contributed by atoms with Crippen LogP contribution in [0.5, 0.6) is 5.75 Å². The van der Waals surface area contributed by atoms with Crippen molar-refractivity contribution in [1.82, 2.24) is 5.32 Å². The number of barbiturate groups is 1. The molecule has 1 N–H and O–H groups in total. The maximum Gasteiger partial charge on any atom is 0.335 e. The molecule has 0 saturated carbocycles. The van der Waals surface area contributed by atoms with E-state index in [1.165, 1.54) is 22.8 Å². The number of nitrogens with one attached hydrogen (secondary N) is 1. The number of halogens is 1. The zero-order valence-electron chi connectivity index (χ0n) is 20.6. The Bertz CT molecular complexity index is 1370. The second-order valence-electron chi connectivity index (χ2n) is 8.88. The zero-order valence-corrected chi connectivity index (χ0v) is 22.8. The third-order valence-electron chi connectivity index (χ3n) is 5.84. The van der Waals surface area contributed by atoms with E-state index in [9.17, 15) is 14.4 Å². The number of hydrogen-bond acceptors (Lipinski definition) is 4. The van der Waals surface area contributed by atoms with Gasteiger partial charge in [-0.2, -0.15) is 0 Å².